The summed E-state index contributed by atoms with van der Waals surface area (Å²) < 4.78 is 13.6. The Balaban J connectivity index is 1.69. The SMILES string of the molecule is CNc1cc(N2CCCC2CNc2ncccc2F)ncn1. The van der Waals surface area contributed by atoms with Crippen molar-refractivity contribution < 1.29 is 4.39 Å². The quantitative estimate of drug-likeness (QED) is 0.882. The molecule has 0 aromatic carbocycles. The lowest BCUT2D eigenvalue weighted by molar-refractivity contribution is 0.619. The van der Waals surface area contributed by atoms with Gasteiger partial charge in [-0.3, -0.25) is 0 Å². The zero-order valence-electron chi connectivity index (χ0n) is 12.5. The first-order valence-electron chi connectivity index (χ1n) is 7.39. The Bertz CT molecular complexity index is 635. The average molecular weight is 302 g/mol. The average Bonchev–Trinajstić information content (AvgIpc) is 3.03. The largest absolute Gasteiger partial charge is 0.373 e. The lowest BCUT2D eigenvalue weighted by Gasteiger charge is -2.26. The van der Waals surface area contributed by atoms with Crippen LogP contribution in [0.4, 0.5) is 21.8 Å². The predicted molar refractivity (Wildman–Crippen MR) is 84.6 cm³/mol. The van der Waals surface area contributed by atoms with Gasteiger partial charge >= 0.3 is 0 Å². The molecule has 116 valence electrons. The number of hydrogen-bond acceptors (Lipinski definition) is 6. The van der Waals surface area contributed by atoms with Crippen molar-refractivity contribution in [1.29, 1.82) is 0 Å². The van der Waals surface area contributed by atoms with E-state index in [1.54, 1.807) is 18.6 Å². The summed E-state index contributed by atoms with van der Waals surface area (Å²) in [5.74, 6) is 1.66. The monoisotopic (exact) mass is 302 g/mol. The first kappa shape index (κ1) is 14.5. The molecule has 3 rings (SSSR count). The number of halogens is 1. The summed E-state index contributed by atoms with van der Waals surface area (Å²) >= 11 is 0. The topological polar surface area (TPSA) is 66.0 Å². The third-order valence-corrected chi connectivity index (χ3v) is 3.84. The molecule has 0 aliphatic carbocycles. The molecule has 2 aromatic heterocycles. The van der Waals surface area contributed by atoms with Crippen molar-refractivity contribution in [3.05, 3.63) is 36.5 Å². The highest BCUT2D eigenvalue weighted by Crippen LogP contribution is 2.25. The summed E-state index contributed by atoms with van der Waals surface area (Å²) in [7, 11) is 1.83. The van der Waals surface area contributed by atoms with Gasteiger partial charge in [0.05, 0.1) is 0 Å². The van der Waals surface area contributed by atoms with Crippen LogP contribution in [0.2, 0.25) is 0 Å². The maximum absolute atomic E-state index is 13.6. The normalized spacial score (nSPS) is 17.5. The number of hydrogen-bond donors (Lipinski definition) is 2. The Morgan fingerprint density at radius 2 is 2.27 bits per heavy atom. The number of nitrogens with one attached hydrogen (secondary N) is 2. The van der Waals surface area contributed by atoms with Gasteiger partial charge in [0.2, 0.25) is 0 Å². The van der Waals surface area contributed by atoms with E-state index in [0.717, 1.165) is 31.0 Å². The van der Waals surface area contributed by atoms with Gasteiger partial charge in [-0.1, -0.05) is 0 Å². The predicted octanol–water partition coefficient (Wildman–Crippen LogP) is 2.13. The summed E-state index contributed by atoms with van der Waals surface area (Å²) in [6, 6.07) is 5.19. The summed E-state index contributed by atoms with van der Waals surface area (Å²) in [5.41, 5.74) is 0. The zero-order chi connectivity index (χ0) is 15.4. The number of rotatable bonds is 5. The molecule has 3 heterocycles. The van der Waals surface area contributed by atoms with E-state index in [2.05, 4.69) is 30.5 Å². The van der Waals surface area contributed by atoms with Gasteiger partial charge in [-0.2, -0.15) is 0 Å². The van der Waals surface area contributed by atoms with Gasteiger partial charge in [0, 0.05) is 38.4 Å². The van der Waals surface area contributed by atoms with Crippen molar-refractivity contribution in [2.75, 3.05) is 35.7 Å². The van der Waals surface area contributed by atoms with Crippen LogP contribution in [0.15, 0.2) is 30.7 Å². The lowest BCUT2D eigenvalue weighted by Crippen LogP contribution is -2.35. The highest BCUT2D eigenvalue weighted by molar-refractivity contribution is 5.50. The molecular formula is C15H19FN6. The molecule has 22 heavy (non-hydrogen) atoms. The van der Waals surface area contributed by atoms with E-state index in [9.17, 15) is 4.39 Å². The molecule has 1 unspecified atom stereocenters. The minimum atomic E-state index is -0.327. The minimum Gasteiger partial charge on any atom is -0.373 e. The number of anilines is 3. The fourth-order valence-electron chi connectivity index (χ4n) is 2.72. The molecule has 1 aliphatic heterocycles. The van der Waals surface area contributed by atoms with E-state index < -0.39 is 0 Å². The first-order chi connectivity index (χ1) is 10.8. The Kier molecular flexibility index (Phi) is 4.32. The van der Waals surface area contributed by atoms with Crippen LogP contribution in [0.3, 0.4) is 0 Å². The van der Waals surface area contributed by atoms with E-state index in [1.807, 2.05) is 13.1 Å². The second-order valence-corrected chi connectivity index (χ2v) is 5.22. The molecule has 1 fully saturated rings. The van der Waals surface area contributed by atoms with Crippen LogP contribution in [0.5, 0.6) is 0 Å². The van der Waals surface area contributed by atoms with Gasteiger partial charge in [0.1, 0.15) is 18.0 Å². The third-order valence-electron chi connectivity index (χ3n) is 3.84. The summed E-state index contributed by atoms with van der Waals surface area (Å²) in [6.07, 6.45) is 5.28. The number of pyridine rings is 1. The molecule has 6 nitrogen and oxygen atoms in total. The van der Waals surface area contributed by atoms with Crippen molar-refractivity contribution in [2.45, 2.75) is 18.9 Å². The molecule has 1 saturated heterocycles. The molecule has 1 atom stereocenters. The summed E-state index contributed by atoms with van der Waals surface area (Å²) in [5, 5.41) is 6.11. The number of aromatic nitrogens is 3. The van der Waals surface area contributed by atoms with Crippen molar-refractivity contribution in [3.8, 4) is 0 Å². The second kappa shape index (κ2) is 6.55. The summed E-state index contributed by atoms with van der Waals surface area (Å²) in [4.78, 5) is 14.7. The minimum absolute atomic E-state index is 0.265. The van der Waals surface area contributed by atoms with Crippen LogP contribution in [-0.4, -0.2) is 41.1 Å². The van der Waals surface area contributed by atoms with Crippen LogP contribution in [0, 0.1) is 5.82 Å². The third kappa shape index (κ3) is 3.08. The molecule has 2 N–H and O–H groups in total. The van der Waals surface area contributed by atoms with E-state index >= 15 is 0 Å². The van der Waals surface area contributed by atoms with Crippen molar-refractivity contribution in [3.63, 3.8) is 0 Å². The molecule has 0 bridgehead atoms. The fraction of sp³-hybridized carbons (Fsp3) is 0.400. The second-order valence-electron chi connectivity index (χ2n) is 5.22. The lowest BCUT2D eigenvalue weighted by atomic mass is 10.2. The molecule has 7 heteroatoms. The van der Waals surface area contributed by atoms with Gasteiger partial charge in [-0.15, -0.1) is 0 Å². The van der Waals surface area contributed by atoms with Gasteiger partial charge < -0.3 is 15.5 Å². The van der Waals surface area contributed by atoms with Crippen molar-refractivity contribution in [1.82, 2.24) is 15.0 Å². The van der Waals surface area contributed by atoms with Gasteiger partial charge in [0.25, 0.3) is 0 Å². The van der Waals surface area contributed by atoms with Crippen LogP contribution >= 0.6 is 0 Å². The summed E-state index contributed by atoms with van der Waals surface area (Å²) in [6.45, 7) is 1.57. The van der Waals surface area contributed by atoms with Crippen LogP contribution in [-0.2, 0) is 0 Å². The Hall–Kier alpha value is -2.44. The smallest absolute Gasteiger partial charge is 0.165 e. The highest BCUT2D eigenvalue weighted by Gasteiger charge is 2.26. The Morgan fingerprint density at radius 1 is 1.36 bits per heavy atom. The fourth-order valence-corrected chi connectivity index (χ4v) is 2.72. The van der Waals surface area contributed by atoms with Crippen molar-refractivity contribution in [2.24, 2.45) is 0 Å². The van der Waals surface area contributed by atoms with Crippen LogP contribution < -0.4 is 15.5 Å². The maximum Gasteiger partial charge on any atom is 0.165 e. The Labute approximate surface area is 128 Å². The van der Waals surface area contributed by atoms with Gasteiger partial charge in [0.15, 0.2) is 11.6 Å². The first-order valence-corrected chi connectivity index (χ1v) is 7.39. The van der Waals surface area contributed by atoms with Crippen molar-refractivity contribution >= 4 is 17.5 Å². The molecule has 0 spiro atoms. The van der Waals surface area contributed by atoms with Crippen LogP contribution in [0.1, 0.15) is 12.8 Å². The molecule has 1 aliphatic rings. The molecular weight excluding hydrogens is 283 g/mol. The molecule has 0 amide bonds. The Morgan fingerprint density at radius 3 is 3.09 bits per heavy atom. The van der Waals surface area contributed by atoms with E-state index in [1.165, 1.54) is 6.07 Å². The van der Waals surface area contributed by atoms with E-state index in [-0.39, 0.29) is 11.9 Å². The van der Waals surface area contributed by atoms with Crippen LogP contribution in [0.25, 0.3) is 0 Å². The maximum atomic E-state index is 13.6. The highest BCUT2D eigenvalue weighted by atomic mass is 19.1. The molecule has 2 aromatic rings. The van der Waals surface area contributed by atoms with E-state index in [0.29, 0.717) is 12.4 Å². The molecule has 0 radical (unpaired) electrons. The zero-order valence-corrected chi connectivity index (χ0v) is 12.5. The van der Waals surface area contributed by atoms with E-state index in [4.69, 9.17) is 0 Å². The standard InChI is InChI=1S/C15H19FN6/c1-17-13-8-14(21-10-20-13)22-7-3-4-11(22)9-19-15-12(16)5-2-6-18-15/h2,5-6,8,10-11H,3-4,7,9H2,1H3,(H,18,19)(H,17,20,21). The van der Waals surface area contributed by atoms with Gasteiger partial charge in [-0.05, 0) is 25.0 Å². The van der Waals surface area contributed by atoms with Gasteiger partial charge in [-0.25, -0.2) is 19.3 Å². The molecule has 0 saturated carbocycles. The number of nitrogens with zero attached hydrogens (tertiary/aromatic N) is 4.